The number of carbonyl (C=O) groups is 2. The maximum Gasteiger partial charge on any atom is 0.511 e. The summed E-state index contributed by atoms with van der Waals surface area (Å²) in [5, 5.41) is 8.74. The van der Waals surface area contributed by atoms with Gasteiger partial charge in [-0.25, -0.2) is 14.8 Å². The second kappa shape index (κ2) is 4.82. The number of Topliss-reactive ketones (excluding diaryl/α,β-unsaturated/α-hetero) is 1. The average molecular weight is 282 g/mol. The SMILES string of the molecule is CC(=O)c1cccc2nc3c(OC(=O)O)cccc3nc12. The molecule has 2 aromatic carbocycles. The highest BCUT2D eigenvalue weighted by Gasteiger charge is 2.13. The Morgan fingerprint density at radius 1 is 1.00 bits per heavy atom. The van der Waals surface area contributed by atoms with Crippen molar-refractivity contribution in [2.45, 2.75) is 6.92 Å². The number of nitrogens with zero attached hydrogens (tertiary/aromatic N) is 2. The first-order valence-electron chi connectivity index (χ1n) is 6.17. The number of rotatable bonds is 2. The van der Waals surface area contributed by atoms with Crippen LogP contribution in [0.15, 0.2) is 36.4 Å². The van der Waals surface area contributed by atoms with E-state index in [4.69, 9.17) is 9.84 Å². The van der Waals surface area contributed by atoms with Crippen molar-refractivity contribution in [1.82, 2.24) is 9.97 Å². The second-order valence-corrected chi connectivity index (χ2v) is 4.44. The Morgan fingerprint density at radius 3 is 2.29 bits per heavy atom. The van der Waals surface area contributed by atoms with Gasteiger partial charge in [0, 0.05) is 5.56 Å². The van der Waals surface area contributed by atoms with E-state index in [9.17, 15) is 9.59 Å². The summed E-state index contributed by atoms with van der Waals surface area (Å²) in [6, 6.07) is 9.92. The van der Waals surface area contributed by atoms with Crippen LogP contribution in [0, 0.1) is 0 Å². The first kappa shape index (κ1) is 13.0. The molecule has 0 saturated heterocycles. The normalized spacial score (nSPS) is 10.7. The van der Waals surface area contributed by atoms with E-state index in [1.54, 1.807) is 30.3 Å². The van der Waals surface area contributed by atoms with E-state index in [0.29, 0.717) is 27.6 Å². The average Bonchev–Trinajstić information content (AvgIpc) is 2.44. The largest absolute Gasteiger partial charge is 0.511 e. The fourth-order valence-corrected chi connectivity index (χ4v) is 2.15. The maximum atomic E-state index is 11.6. The number of ketones is 1. The van der Waals surface area contributed by atoms with E-state index in [2.05, 4.69) is 9.97 Å². The minimum atomic E-state index is -1.41. The molecule has 6 nitrogen and oxygen atoms in total. The molecule has 0 bridgehead atoms. The first-order valence-corrected chi connectivity index (χ1v) is 6.17. The molecular formula is C15H10N2O4. The Hall–Kier alpha value is -3.02. The van der Waals surface area contributed by atoms with Crippen molar-refractivity contribution in [3.8, 4) is 5.75 Å². The zero-order chi connectivity index (χ0) is 15.0. The molecule has 0 radical (unpaired) electrons. The Morgan fingerprint density at radius 2 is 1.62 bits per heavy atom. The number of carbonyl (C=O) groups excluding carboxylic acids is 1. The quantitative estimate of drug-likeness (QED) is 0.336. The zero-order valence-corrected chi connectivity index (χ0v) is 11.0. The van der Waals surface area contributed by atoms with Crippen LogP contribution >= 0.6 is 0 Å². The molecule has 1 N–H and O–H groups in total. The summed E-state index contributed by atoms with van der Waals surface area (Å²) >= 11 is 0. The molecule has 6 heteroatoms. The molecule has 0 aliphatic heterocycles. The molecule has 0 spiro atoms. The molecule has 0 atom stereocenters. The van der Waals surface area contributed by atoms with E-state index in [0.717, 1.165) is 0 Å². The summed E-state index contributed by atoms with van der Waals surface area (Å²) in [6.07, 6.45) is -1.41. The minimum absolute atomic E-state index is 0.104. The standard InChI is InChI=1S/C15H10N2O4/c1-8(18)9-4-2-5-10-13(9)16-11-6-3-7-12(14(11)17-10)21-15(19)20/h2-7H,1H3,(H,19,20). The van der Waals surface area contributed by atoms with Crippen molar-refractivity contribution in [3.05, 3.63) is 42.0 Å². The lowest BCUT2D eigenvalue weighted by Crippen LogP contribution is -2.04. The molecule has 104 valence electrons. The number of fused-ring (bicyclic) bond motifs is 2. The molecular weight excluding hydrogens is 272 g/mol. The summed E-state index contributed by atoms with van der Waals surface area (Å²) < 4.78 is 4.70. The Bertz CT molecular complexity index is 889. The van der Waals surface area contributed by atoms with Crippen LogP contribution in [-0.4, -0.2) is 27.0 Å². The number of aromatic nitrogens is 2. The molecule has 3 rings (SSSR count). The molecule has 0 aliphatic rings. The van der Waals surface area contributed by atoms with Crippen molar-refractivity contribution in [2.75, 3.05) is 0 Å². The van der Waals surface area contributed by atoms with Crippen molar-refractivity contribution in [3.63, 3.8) is 0 Å². The second-order valence-electron chi connectivity index (χ2n) is 4.44. The molecule has 21 heavy (non-hydrogen) atoms. The molecule has 1 aromatic heterocycles. The van der Waals surface area contributed by atoms with Gasteiger partial charge in [-0.1, -0.05) is 12.1 Å². The van der Waals surface area contributed by atoms with Gasteiger partial charge in [-0.3, -0.25) is 4.79 Å². The molecule has 0 fully saturated rings. The number of carboxylic acid groups (broad SMARTS) is 1. The van der Waals surface area contributed by atoms with E-state index in [-0.39, 0.29) is 11.5 Å². The third-order valence-electron chi connectivity index (χ3n) is 3.03. The first-order chi connectivity index (χ1) is 10.1. The van der Waals surface area contributed by atoms with Gasteiger partial charge in [0.05, 0.1) is 11.0 Å². The van der Waals surface area contributed by atoms with E-state index in [1.165, 1.54) is 13.0 Å². The number of hydrogen-bond donors (Lipinski definition) is 1. The number of benzene rings is 2. The lowest BCUT2D eigenvalue weighted by Gasteiger charge is -2.07. The fourth-order valence-electron chi connectivity index (χ4n) is 2.15. The van der Waals surface area contributed by atoms with Gasteiger partial charge < -0.3 is 9.84 Å². The molecule has 0 saturated carbocycles. The monoisotopic (exact) mass is 282 g/mol. The van der Waals surface area contributed by atoms with Gasteiger partial charge in [-0.15, -0.1) is 0 Å². The van der Waals surface area contributed by atoms with Crippen LogP contribution in [0.5, 0.6) is 5.75 Å². The van der Waals surface area contributed by atoms with Crippen LogP contribution in [0.3, 0.4) is 0 Å². The Labute approximate surface area is 119 Å². The fraction of sp³-hybridized carbons (Fsp3) is 0.0667. The van der Waals surface area contributed by atoms with E-state index >= 15 is 0 Å². The smallest absolute Gasteiger partial charge is 0.449 e. The zero-order valence-electron chi connectivity index (χ0n) is 11.0. The van der Waals surface area contributed by atoms with Crippen LogP contribution in [0.1, 0.15) is 17.3 Å². The van der Waals surface area contributed by atoms with Gasteiger partial charge >= 0.3 is 6.16 Å². The highest BCUT2D eigenvalue weighted by Crippen LogP contribution is 2.26. The van der Waals surface area contributed by atoms with Crippen molar-refractivity contribution >= 4 is 34.0 Å². The van der Waals surface area contributed by atoms with E-state index in [1.807, 2.05) is 0 Å². The van der Waals surface area contributed by atoms with Crippen LogP contribution < -0.4 is 4.74 Å². The maximum absolute atomic E-state index is 11.6. The third-order valence-corrected chi connectivity index (χ3v) is 3.03. The highest BCUT2D eigenvalue weighted by molar-refractivity contribution is 6.06. The lowest BCUT2D eigenvalue weighted by atomic mass is 10.1. The molecule has 0 aliphatic carbocycles. The van der Waals surface area contributed by atoms with Crippen molar-refractivity contribution in [2.24, 2.45) is 0 Å². The van der Waals surface area contributed by atoms with Crippen LogP contribution in [0.2, 0.25) is 0 Å². The topological polar surface area (TPSA) is 89.4 Å². The molecule has 1 heterocycles. The summed E-state index contributed by atoms with van der Waals surface area (Å²) in [5.74, 6) is 0.00909. The molecule has 0 unspecified atom stereocenters. The molecule has 3 aromatic rings. The van der Waals surface area contributed by atoms with Gasteiger partial charge in [0.1, 0.15) is 11.0 Å². The third kappa shape index (κ3) is 2.27. The van der Waals surface area contributed by atoms with Crippen LogP contribution in [0.25, 0.3) is 22.1 Å². The Kier molecular flexibility index (Phi) is 2.98. The van der Waals surface area contributed by atoms with Gasteiger partial charge in [-0.05, 0) is 31.2 Å². The van der Waals surface area contributed by atoms with Gasteiger partial charge in [0.15, 0.2) is 11.5 Å². The van der Waals surface area contributed by atoms with Crippen LogP contribution in [-0.2, 0) is 0 Å². The Balaban J connectivity index is 2.34. The van der Waals surface area contributed by atoms with Gasteiger partial charge in [0.25, 0.3) is 0 Å². The lowest BCUT2D eigenvalue weighted by molar-refractivity contribution is 0.101. The highest BCUT2D eigenvalue weighted by atomic mass is 16.7. The number of para-hydroxylation sites is 2. The van der Waals surface area contributed by atoms with Gasteiger partial charge in [0.2, 0.25) is 0 Å². The number of ether oxygens (including phenoxy) is 1. The summed E-state index contributed by atoms with van der Waals surface area (Å²) in [5.41, 5.74) is 2.29. The minimum Gasteiger partial charge on any atom is -0.449 e. The van der Waals surface area contributed by atoms with Crippen molar-refractivity contribution < 1.29 is 19.4 Å². The van der Waals surface area contributed by atoms with Crippen LogP contribution in [0.4, 0.5) is 4.79 Å². The van der Waals surface area contributed by atoms with Crippen molar-refractivity contribution in [1.29, 1.82) is 0 Å². The summed E-state index contributed by atoms with van der Waals surface area (Å²) in [4.78, 5) is 31.1. The summed E-state index contributed by atoms with van der Waals surface area (Å²) in [7, 11) is 0. The summed E-state index contributed by atoms with van der Waals surface area (Å²) in [6.45, 7) is 1.46. The molecule has 0 amide bonds. The van der Waals surface area contributed by atoms with Gasteiger partial charge in [-0.2, -0.15) is 0 Å². The number of hydrogen-bond acceptors (Lipinski definition) is 5. The predicted octanol–water partition coefficient (Wildman–Crippen LogP) is 3.04. The predicted molar refractivity (Wildman–Crippen MR) is 75.7 cm³/mol. The van der Waals surface area contributed by atoms with E-state index < -0.39 is 6.16 Å².